The van der Waals surface area contributed by atoms with Crippen LogP contribution in [0.3, 0.4) is 0 Å². The van der Waals surface area contributed by atoms with E-state index in [4.69, 9.17) is 4.42 Å². The standard InChI is InChI=1S/C10H14N4O/c1-14-10(12-8-13-14)7-11-5-4-9-3-2-6-15-9/h2-3,6,8,11H,4-5,7H2,1H3. The van der Waals surface area contributed by atoms with E-state index in [9.17, 15) is 0 Å². The largest absolute Gasteiger partial charge is 0.469 e. The zero-order valence-corrected chi connectivity index (χ0v) is 8.68. The van der Waals surface area contributed by atoms with Crippen LogP contribution in [0.4, 0.5) is 0 Å². The Bertz CT molecular complexity index is 393. The number of aryl methyl sites for hydroxylation is 1. The van der Waals surface area contributed by atoms with Gasteiger partial charge in [-0.05, 0) is 12.1 Å². The summed E-state index contributed by atoms with van der Waals surface area (Å²) in [5, 5.41) is 7.28. The molecular formula is C10H14N4O. The van der Waals surface area contributed by atoms with E-state index in [1.807, 2.05) is 19.2 Å². The Morgan fingerprint density at radius 2 is 2.47 bits per heavy atom. The molecule has 0 aliphatic heterocycles. The summed E-state index contributed by atoms with van der Waals surface area (Å²) < 4.78 is 6.99. The van der Waals surface area contributed by atoms with Crippen molar-refractivity contribution in [3.8, 4) is 0 Å². The molecule has 0 unspecified atom stereocenters. The van der Waals surface area contributed by atoms with Crippen molar-refractivity contribution in [1.29, 1.82) is 0 Å². The maximum atomic E-state index is 5.22. The van der Waals surface area contributed by atoms with Crippen LogP contribution in [0.25, 0.3) is 0 Å². The Morgan fingerprint density at radius 1 is 1.53 bits per heavy atom. The van der Waals surface area contributed by atoms with Crippen LogP contribution in [-0.2, 0) is 20.0 Å². The summed E-state index contributed by atoms with van der Waals surface area (Å²) in [6.45, 7) is 1.61. The fraction of sp³-hybridized carbons (Fsp3) is 0.400. The molecule has 80 valence electrons. The Labute approximate surface area is 88.1 Å². The van der Waals surface area contributed by atoms with Crippen molar-refractivity contribution >= 4 is 0 Å². The number of furan rings is 1. The topological polar surface area (TPSA) is 55.9 Å². The van der Waals surface area contributed by atoms with Gasteiger partial charge in [0.1, 0.15) is 17.9 Å². The molecular weight excluding hydrogens is 192 g/mol. The first kappa shape index (κ1) is 9.92. The summed E-state index contributed by atoms with van der Waals surface area (Å²) >= 11 is 0. The van der Waals surface area contributed by atoms with Gasteiger partial charge in [0.25, 0.3) is 0 Å². The van der Waals surface area contributed by atoms with Gasteiger partial charge >= 0.3 is 0 Å². The summed E-state index contributed by atoms with van der Waals surface area (Å²) in [7, 11) is 1.89. The molecule has 2 rings (SSSR count). The minimum atomic E-state index is 0.733. The van der Waals surface area contributed by atoms with Gasteiger partial charge in [-0.3, -0.25) is 4.68 Å². The molecule has 2 aromatic rings. The molecule has 0 saturated heterocycles. The fourth-order valence-electron chi connectivity index (χ4n) is 1.35. The lowest BCUT2D eigenvalue weighted by Gasteiger charge is -2.02. The van der Waals surface area contributed by atoms with Gasteiger partial charge in [-0.25, -0.2) is 4.98 Å². The second-order valence-electron chi connectivity index (χ2n) is 3.31. The minimum Gasteiger partial charge on any atom is -0.469 e. The predicted molar refractivity (Wildman–Crippen MR) is 55.1 cm³/mol. The number of hydrogen-bond acceptors (Lipinski definition) is 4. The normalized spacial score (nSPS) is 10.7. The molecule has 5 nitrogen and oxygen atoms in total. The van der Waals surface area contributed by atoms with Crippen LogP contribution < -0.4 is 5.32 Å². The SMILES string of the molecule is Cn1ncnc1CNCCc1ccco1. The van der Waals surface area contributed by atoms with Crippen molar-refractivity contribution in [2.24, 2.45) is 7.05 Å². The predicted octanol–water partition coefficient (Wildman–Crippen LogP) is 0.740. The molecule has 0 fully saturated rings. The van der Waals surface area contributed by atoms with E-state index in [1.54, 1.807) is 17.3 Å². The lowest BCUT2D eigenvalue weighted by atomic mass is 10.3. The number of rotatable bonds is 5. The summed E-state index contributed by atoms with van der Waals surface area (Å²) in [5.74, 6) is 1.94. The highest BCUT2D eigenvalue weighted by molar-refractivity contribution is 4.98. The molecule has 2 aromatic heterocycles. The first-order valence-corrected chi connectivity index (χ1v) is 4.92. The molecule has 0 spiro atoms. The fourth-order valence-corrected chi connectivity index (χ4v) is 1.35. The molecule has 0 radical (unpaired) electrons. The number of nitrogens with zero attached hydrogens (tertiary/aromatic N) is 3. The van der Waals surface area contributed by atoms with Crippen molar-refractivity contribution in [3.63, 3.8) is 0 Å². The Hall–Kier alpha value is -1.62. The van der Waals surface area contributed by atoms with E-state index in [0.717, 1.165) is 31.1 Å². The average molecular weight is 206 g/mol. The van der Waals surface area contributed by atoms with Gasteiger partial charge in [0.05, 0.1) is 12.8 Å². The van der Waals surface area contributed by atoms with Crippen LogP contribution in [0.1, 0.15) is 11.6 Å². The third kappa shape index (κ3) is 2.66. The highest BCUT2D eigenvalue weighted by atomic mass is 16.3. The number of nitrogens with one attached hydrogen (secondary N) is 1. The number of aromatic nitrogens is 3. The summed E-state index contributed by atoms with van der Waals surface area (Å²) in [4.78, 5) is 4.12. The van der Waals surface area contributed by atoms with Crippen LogP contribution in [0.2, 0.25) is 0 Å². The van der Waals surface area contributed by atoms with E-state index in [-0.39, 0.29) is 0 Å². The van der Waals surface area contributed by atoms with E-state index >= 15 is 0 Å². The monoisotopic (exact) mass is 206 g/mol. The summed E-state index contributed by atoms with van der Waals surface area (Å²) in [6, 6.07) is 3.88. The third-order valence-corrected chi connectivity index (χ3v) is 2.22. The molecule has 2 heterocycles. The zero-order chi connectivity index (χ0) is 10.5. The molecule has 0 aliphatic carbocycles. The highest BCUT2D eigenvalue weighted by Gasteiger charge is 1.99. The Balaban J connectivity index is 1.70. The Morgan fingerprint density at radius 3 is 3.13 bits per heavy atom. The average Bonchev–Trinajstić information content (AvgIpc) is 2.85. The van der Waals surface area contributed by atoms with E-state index in [2.05, 4.69) is 15.4 Å². The lowest BCUT2D eigenvalue weighted by molar-refractivity contribution is 0.495. The van der Waals surface area contributed by atoms with Gasteiger partial charge in [0.15, 0.2) is 0 Å². The van der Waals surface area contributed by atoms with E-state index in [0.29, 0.717) is 0 Å². The van der Waals surface area contributed by atoms with Gasteiger partial charge in [-0.2, -0.15) is 5.10 Å². The zero-order valence-electron chi connectivity index (χ0n) is 8.68. The highest BCUT2D eigenvalue weighted by Crippen LogP contribution is 1.99. The van der Waals surface area contributed by atoms with E-state index < -0.39 is 0 Å². The van der Waals surface area contributed by atoms with Crippen molar-refractivity contribution in [2.45, 2.75) is 13.0 Å². The maximum absolute atomic E-state index is 5.22. The summed E-state index contributed by atoms with van der Waals surface area (Å²) in [5.41, 5.74) is 0. The van der Waals surface area contributed by atoms with Crippen LogP contribution in [0.5, 0.6) is 0 Å². The maximum Gasteiger partial charge on any atom is 0.140 e. The second kappa shape index (κ2) is 4.75. The molecule has 0 saturated carbocycles. The molecule has 0 amide bonds. The second-order valence-corrected chi connectivity index (χ2v) is 3.31. The van der Waals surface area contributed by atoms with Crippen molar-refractivity contribution in [1.82, 2.24) is 20.1 Å². The smallest absolute Gasteiger partial charge is 0.140 e. The van der Waals surface area contributed by atoms with Gasteiger partial charge in [0.2, 0.25) is 0 Å². The first-order valence-electron chi connectivity index (χ1n) is 4.92. The third-order valence-electron chi connectivity index (χ3n) is 2.22. The van der Waals surface area contributed by atoms with Crippen molar-refractivity contribution in [2.75, 3.05) is 6.54 Å². The quantitative estimate of drug-likeness (QED) is 0.733. The Kier molecular flexibility index (Phi) is 3.14. The molecule has 0 aromatic carbocycles. The van der Waals surface area contributed by atoms with Gasteiger partial charge in [-0.15, -0.1) is 0 Å². The van der Waals surface area contributed by atoms with E-state index in [1.165, 1.54) is 0 Å². The van der Waals surface area contributed by atoms with Crippen molar-refractivity contribution in [3.05, 3.63) is 36.3 Å². The molecule has 15 heavy (non-hydrogen) atoms. The van der Waals surface area contributed by atoms with Gasteiger partial charge < -0.3 is 9.73 Å². The lowest BCUT2D eigenvalue weighted by Crippen LogP contribution is -2.19. The molecule has 0 atom stereocenters. The van der Waals surface area contributed by atoms with Crippen molar-refractivity contribution < 1.29 is 4.42 Å². The molecule has 0 aliphatic rings. The van der Waals surface area contributed by atoms with Gasteiger partial charge in [0, 0.05) is 20.0 Å². The minimum absolute atomic E-state index is 0.733. The number of hydrogen-bond donors (Lipinski definition) is 1. The van der Waals surface area contributed by atoms with Gasteiger partial charge in [-0.1, -0.05) is 0 Å². The molecule has 5 heteroatoms. The van der Waals surface area contributed by atoms with Crippen LogP contribution in [0, 0.1) is 0 Å². The van der Waals surface area contributed by atoms with Crippen LogP contribution in [0.15, 0.2) is 29.1 Å². The summed E-state index contributed by atoms with van der Waals surface area (Å²) in [6.07, 6.45) is 4.15. The van der Waals surface area contributed by atoms with Crippen LogP contribution in [-0.4, -0.2) is 21.3 Å². The molecule has 1 N–H and O–H groups in total. The first-order chi connectivity index (χ1) is 7.36. The van der Waals surface area contributed by atoms with Crippen LogP contribution >= 0.6 is 0 Å². The molecule has 0 bridgehead atoms.